The van der Waals surface area contributed by atoms with Gasteiger partial charge in [0, 0.05) is 26.2 Å². The minimum atomic E-state index is -4.02. The number of Topliss-reactive ketones (excluding diaryl/α,β-unsaturated/α-hetero) is 1. The lowest BCUT2D eigenvalue weighted by Gasteiger charge is -2.19. The van der Waals surface area contributed by atoms with E-state index in [4.69, 9.17) is 21.4 Å². The lowest BCUT2D eigenvalue weighted by atomic mass is 10.2. The predicted molar refractivity (Wildman–Crippen MR) is 97.9 cm³/mol. The highest BCUT2D eigenvalue weighted by Gasteiger charge is 2.14. The van der Waals surface area contributed by atoms with Crippen molar-refractivity contribution in [3.63, 3.8) is 0 Å². The molecule has 0 amide bonds. The third-order valence-electron chi connectivity index (χ3n) is 3.16. The number of carbonyl (C=O) groups is 1. The van der Waals surface area contributed by atoms with Crippen molar-refractivity contribution < 1.29 is 19.1 Å². The number of azo groups is 1. The van der Waals surface area contributed by atoms with Crippen LogP contribution in [-0.4, -0.2) is 40.3 Å². The average molecular weight is 403 g/mol. The number of carbonyl (C=O) groups excluding carboxylic acids is 1. The van der Waals surface area contributed by atoms with Crippen molar-refractivity contribution in [2.45, 2.75) is 6.92 Å². The van der Waals surface area contributed by atoms with Crippen molar-refractivity contribution in [1.82, 2.24) is 4.98 Å². The molecule has 2 aromatic rings. The van der Waals surface area contributed by atoms with Gasteiger partial charge in [-0.25, -0.2) is 4.98 Å². The van der Waals surface area contributed by atoms with Crippen LogP contribution in [0.4, 0.5) is 16.5 Å². The molecule has 0 aliphatic carbocycles. The lowest BCUT2D eigenvalue weighted by Crippen LogP contribution is -2.21. The first kappa shape index (κ1) is 19.7. The molecule has 2 rings (SSSR count). The maximum absolute atomic E-state index is 11.3. The molecule has 11 heteroatoms. The summed E-state index contributed by atoms with van der Waals surface area (Å²) in [5, 5.41) is 8.41. The van der Waals surface area contributed by atoms with Gasteiger partial charge in [-0.05, 0) is 24.3 Å². The number of ketones is 1. The summed E-state index contributed by atoms with van der Waals surface area (Å²) >= 11 is 6.92. The Kier molecular flexibility index (Phi) is 6.42. The van der Waals surface area contributed by atoms with Crippen molar-refractivity contribution in [2.24, 2.45) is 10.2 Å². The minimum Gasteiger partial charge on any atom is -0.374 e. The molecule has 0 saturated heterocycles. The summed E-state index contributed by atoms with van der Waals surface area (Å²) in [6, 6.07) is 6.97. The molecule has 0 fully saturated rings. The quantitative estimate of drug-likeness (QED) is 0.410. The Morgan fingerprint density at radius 1 is 1.32 bits per heavy atom. The summed E-state index contributed by atoms with van der Waals surface area (Å²) in [4.78, 5) is 35.2. The molecular formula is C14H16ClN4O4PS. The highest BCUT2D eigenvalue weighted by Crippen LogP contribution is 2.34. The van der Waals surface area contributed by atoms with E-state index in [9.17, 15) is 9.36 Å². The van der Waals surface area contributed by atoms with E-state index in [0.29, 0.717) is 10.6 Å². The fraction of sp³-hybridized carbons (Fsp3) is 0.286. The van der Waals surface area contributed by atoms with Gasteiger partial charge in [-0.3, -0.25) is 9.36 Å². The summed E-state index contributed by atoms with van der Waals surface area (Å²) in [7, 11) is -2.28. The van der Waals surface area contributed by atoms with Gasteiger partial charge < -0.3 is 14.7 Å². The van der Waals surface area contributed by atoms with Gasteiger partial charge in [-0.1, -0.05) is 22.9 Å². The number of aromatic nitrogens is 1. The van der Waals surface area contributed by atoms with Gasteiger partial charge in [0.15, 0.2) is 10.9 Å². The molecule has 1 aromatic carbocycles. The molecule has 1 aromatic heterocycles. The summed E-state index contributed by atoms with van der Waals surface area (Å²) in [6.45, 7) is 1.64. The van der Waals surface area contributed by atoms with Crippen LogP contribution in [0.15, 0.2) is 34.5 Å². The molecule has 0 unspecified atom stereocenters. The number of nitrogens with zero attached hydrogens (tertiary/aromatic N) is 4. The normalized spacial score (nSPS) is 11.9. The monoisotopic (exact) mass is 402 g/mol. The SMILES string of the molecule is CC(=O)c1sc(/N=N/c2ccc(N(C)CCP(=O)(O)O)cc2)nc1Cl. The van der Waals surface area contributed by atoms with Crippen LogP contribution in [-0.2, 0) is 4.57 Å². The standard InChI is InChI=1S/C14H16ClN4O4PS/c1-9(20)12-13(15)16-14(25-12)18-17-10-3-5-11(6-4-10)19(2)7-8-24(21,22)23/h3-6H,7-8H2,1-2H3,(H2,21,22,23)/b18-17+. The van der Waals surface area contributed by atoms with E-state index in [1.807, 2.05) is 0 Å². The maximum atomic E-state index is 11.3. The first-order chi connectivity index (χ1) is 11.7. The second-order valence-electron chi connectivity index (χ2n) is 5.20. The summed E-state index contributed by atoms with van der Waals surface area (Å²) in [5.41, 5.74) is 1.37. The molecule has 0 saturated carbocycles. The Morgan fingerprint density at radius 3 is 2.48 bits per heavy atom. The fourth-order valence-electron chi connectivity index (χ4n) is 1.83. The summed E-state index contributed by atoms with van der Waals surface area (Å²) < 4.78 is 10.9. The number of thiazole rings is 1. The molecule has 0 radical (unpaired) electrons. The fourth-order valence-corrected chi connectivity index (χ4v) is 3.45. The number of anilines is 1. The number of hydrogen-bond acceptors (Lipinski definition) is 7. The molecule has 2 N–H and O–H groups in total. The molecule has 0 aliphatic rings. The molecule has 1 heterocycles. The Labute approximate surface area is 153 Å². The van der Waals surface area contributed by atoms with E-state index in [2.05, 4.69) is 15.2 Å². The number of halogens is 1. The third-order valence-corrected chi connectivity index (χ3v) is 5.37. The van der Waals surface area contributed by atoms with Gasteiger partial charge in [0.25, 0.3) is 0 Å². The minimum absolute atomic E-state index is 0.119. The molecule has 0 spiro atoms. The summed E-state index contributed by atoms with van der Waals surface area (Å²) in [5.74, 6) is -0.174. The first-order valence-electron chi connectivity index (χ1n) is 7.10. The second kappa shape index (κ2) is 8.16. The third kappa shape index (κ3) is 5.98. The van der Waals surface area contributed by atoms with Gasteiger partial charge in [0.1, 0.15) is 4.88 Å². The maximum Gasteiger partial charge on any atom is 0.327 e. The number of hydrogen-bond donors (Lipinski definition) is 2. The lowest BCUT2D eigenvalue weighted by molar-refractivity contribution is 0.102. The van der Waals surface area contributed by atoms with Crippen LogP contribution < -0.4 is 4.90 Å². The van der Waals surface area contributed by atoms with Crippen LogP contribution in [0.5, 0.6) is 0 Å². The van der Waals surface area contributed by atoms with Gasteiger partial charge >= 0.3 is 7.60 Å². The zero-order chi connectivity index (χ0) is 18.6. The van der Waals surface area contributed by atoms with Crippen molar-refractivity contribution in [2.75, 3.05) is 24.7 Å². The van der Waals surface area contributed by atoms with Gasteiger partial charge in [-0.15, -0.1) is 10.2 Å². The van der Waals surface area contributed by atoms with Crippen LogP contribution in [0, 0.1) is 0 Å². The molecule has 8 nitrogen and oxygen atoms in total. The molecule has 0 atom stereocenters. The van der Waals surface area contributed by atoms with Gasteiger partial charge in [0.05, 0.1) is 11.8 Å². The average Bonchev–Trinajstić information content (AvgIpc) is 2.91. The topological polar surface area (TPSA) is 115 Å². The van der Waals surface area contributed by atoms with Crippen LogP contribution in [0.25, 0.3) is 0 Å². The van der Waals surface area contributed by atoms with E-state index >= 15 is 0 Å². The van der Waals surface area contributed by atoms with Crippen LogP contribution in [0.1, 0.15) is 16.6 Å². The second-order valence-corrected chi connectivity index (χ2v) is 8.31. The zero-order valence-electron chi connectivity index (χ0n) is 13.5. The summed E-state index contributed by atoms with van der Waals surface area (Å²) in [6.07, 6.45) is -0.214. The van der Waals surface area contributed by atoms with Crippen molar-refractivity contribution in [3.8, 4) is 0 Å². The Balaban J connectivity index is 2.03. The largest absolute Gasteiger partial charge is 0.374 e. The molecular weight excluding hydrogens is 387 g/mol. The predicted octanol–water partition coefficient (Wildman–Crippen LogP) is 4.03. The van der Waals surface area contributed by atoms with Crippen LogP contribution in [0.2, 0.25) is 5.15 Å². The van der Waals surface area contributed by atoms with Crippen molar-refractivity contribution in [3.05, 3.63) is 34.3 Å². The Hall–Kier alpha value is -1.64. The van der Waals surface area contributed by atoms with E-state index < -0.39 is 7.60 Å². The van der Waals surface area contributed by atoms with E-state index in [1.165, 1.54) is 6.92 Å². The van der Waals surface area contributed by atoms with Crippen LogP contribution >= 0.6 is 30.5 Å². The molecule has 25 heavy (non-hydrogen) atoms. The highest BCUT2D eigenvalue weighted by molar-refractivity contribution is 7.51. The van der Waals surface area contributed by atoms with Gasteiger partial charge in [0.2, 0.25) is 5.13 Å². The van der Waals surface area contributed by atoms with Crippen LogP contribution in [0.3, 0.4) is 0 Å². The van der Waals surface area contributed by atoms with E-state index in [1.54, 1.807) is 36.2 Å². The first-order valence-corrected chi connectivity index (χ1v) is 10.1. The molecule has 134 valence electrons. The number of benzene rings is 1. The highest BCUT2D eigenvalue weighted by atomic mass is 35.5. The Bertz CT molecular complexity index is 834. The number of rotatable bonds is 7. The van der Waals surface area contributed by atoms with E-state index in [-0.39, 0.29) is 28.8 Å². The smallest absolute Gasteiger partial charge is 0.327 e. The molecule has 0 aliphatic heterocycles. The van der Waals surface area contributed by atoms with E-state index in [0.717, 1.165) is 17.0 Å². The van der Waals surface area contributed by atoms with Crippen molar-refractivity contribution >= 4 is 52.8 Å². The van der Waals surface area contributed by atoms with Gasteiger partial charge in [-0.2, -0.15) is 0 Å². The van der Waals surface area contributed by atoms with Crippen molar-refractivity contribution in [1.29, 1.82) is 0 Å². The Morgan fingerprint density at radius 2 is 1.96 bits per heavy atom. The molecule has 0 bridgehead atoms. The zero-order valence-corrected chi connectivity index (χ0v) is 15.9.